The summed E-state index contributed by atoms with van der Waals surface area (Å²) in [6.45, 7) is 5.94. The molecule has 2 aromatic rings. The molecule has 1 aromatic carbocycles. The van der Waals surface area contributed by atoms with Gasteiger partial charge in [0.1, 0.15) is 5.82 Å². The molecule has 0 atom stereocenters. The summed E-state index contributed by atoms with van der Waals surface area (Å²) in [7, 11) is 2.05. The second kappa shape index (κ2) is 6.06. The third-order valence-electron chi connectivity index (χ3n) is 4.83. The second-order valence-corrected chi connectivity index (χ2v) is 7.11. The van der Waals surface area contributed by atoms with Gasteiger partial charge in [-0.15, -0.1) is 0 Å². The molecule has 24 heavy (non-hydrogen) atoms. The SMILES string of the molecule is C/C(=C\c1ccc2nc(C3(NC(C)C)CCC3)n(C)c2c1)C(=O)O. The van der Waals surface area contributed by atoms with Crippen LogP contribution in [0.3, 0.4) is 0 Å². The number of nitrogens with zero attached hydrogens (tertiary/aromatic N) is 2. The van der Waals surface area contributed by atoms with E-state index in [1.165, 1.54) is 6.42 Å². The highest BCUT2D eigenvalue weighted by atomic mass is 16.4. The first-order valence-electron chi connectivity index (χ1n) is 8.49. The molecule has 0 unspecified atom stereocenters. The van der Waals surface area contributed by atoms with Crippen molar-refractivity contribution in [3.8, 4) is 0 Å². The van der Waals surface area contributed by atoms with E-state index in [1.54, 1.807) is 13.0 Å². The van der Waals surface area contributed by atoms with Crippen molar-refractivity contribution in [3.63, 3.8) is 0 Å². The van der Waals surface area contributed by atoms with E-state index in [0.717, 1.165) is 35.3 Å². The Morgan fingerprint density at radius 3 is 2.67 bits per heavy atom. The summed E-state index contributed by atoms with van der Waals surface area (Å²) >= 11 is 0. The molecule has 1 aromatic heterocycles. The molecule has 3 rings (SSSR count). The zero-order valence-electron chi connectivity index (χ0n) is 14.8. The summed E-state index contributed by atoms with van der Waals surface area (Å²) in [5, 5.41) is 12.8. The molecule has 0 radical (unpaired) electrons. The number of aromatic nitrogens is 2. The Labute approximate surface area is 142 Å². The Morgan fingerprint density at radius 1 is 1.42 bits per heavy atom. The van der Waals surface area contributed by atoms with Gasteiger partial charge in [0.05, 0.1) is 16.6 Å². The fourth-order valence-electron chi connectivity index (χ4n) is 3.55. The molecule has 1 heterocycles. The standard InChI is InChI=1S/C19H25N3O2/c1-12(2)21-19(8-5-9-19)18-20-15-7-6-14(10-13(3)17(23)24)11-16(15)22(18)4/h6-7,10-12,21H,5,8-9H2,1-4H3,(H,23,24)/b13-10+. The number of aliphatic carboxylic acids is 1. The number of aryl methyl sites for hydroxylation is 1. The van der Waals surface area contributed by atoms with Crippen LogP contribution >= 0.6 is 0 Å². The van der Waals surface area contributed by atoms with Gasteiger partial charge < -0.3 is 15.0 Å². The normalized spacial score (nSPS) is 17.3. The van der Waals surface area contributed by atoms with E-state index in [1.807, 2.05) is 25.2 Å². The van der Waals surface area contributed by atoms with E-state index in [4.69, 9.17) is 10.1 Å². The second-order valence-electron chi connectivity index (χ2n) is 7.11. The van der Waals surface area contributed by atoms with E-state index in [0.29, 0.717) is 11.6 Å². The van der Waals surface area contributed by atoms with Crippen LogP contribution in [0.2, 0.25) is 0 Å². The summed E-state index contributed by atoms with van der Waals surface area (Å²) in [5.41, 5.74) is 3.17. The van der Waals surface area contributed by atoms with Crippen LogP contribution in [-0.2, 0) is 17.4 Å². The maximum absolute atomic E-state index is 11.0. The van der Waals surface area contributed by atoms with Crippen molar-refractivity contribution in [2.75, 3.05) is 0 Å². The lowest BCUT2D eigenvalue weighted by Gasteiger charge is -2.43. The topological polar surface area (TPSA) is 67.2 Å². The van der Waals surface area contributed by atoms with Crippen molar-refractivity contribution in [2.24, 2.45) is 7.05 Å². The fraction of sp³-hybridized carbons (Fsp3) is 0.474. The van der Waals surface area contributed by atoms with Crippen LogP contribution in [0.1, 0.15) is 51.4 Å². The maximum Gasteiger partial charge on any atom is 0.331 e. The number of fused-ring (bicyclic) bond motifs is 1. The highest BCUT2D eigenvalue weighted by Crippen LogP contribution is 2.42. The van der Waals surface area contributed by atoms with Gasteiger partial charge in [0, 0.05) is 18.7 Å². The molecule has 1 fully saturated rings. The van der Waals surface area contributed by atoms with E-state index in [9.17, 15) is 4.79 Å². The predicted octanol–water partition coefficient (Wildman–Crippen LogP) is 3.44. The Morgan fingerprint density at radius 2 is 2.12 bits per heavy atom. The third kappa shape index (κ3) is 2.84. The lowest BCUT2D eigenvalue weighted by molar-refractivity contribution is -0.132. The number of hydrogen-bond donors (Lipinski definition) is 2. The maximum atomic E-state index is 11.0. The number of rotatable bonds is 5. The van der Waals surface area contributed by atoms with Gasteiger partial charge in [-0.05, 0) is 63.8 Å². The molecule has 2 N–H and O–H groups in total. The van der Waals surface area contributed by atoms with Gasteiger partial charge in [-0.2, -0.15) is 0 Å². The van der Waals surface area contributed by atoms with Gasteiger partial charge in [0.2, 0.25) is 0 Å². The molecule has 1 aliphatic rings. The fourth-order valence-corrected chi connectivity index (χ4v) is 3.55. The molecule has 5 heteroatoms. The van der Waals surface area contributed by atoms with Gasteiger partial charge in [-0.3, -0.25) is 0 Å². The lowest BCUT2D eigenvalue weighted by Crippen LogP contribution is -2.52. The summed E-state index contributed by atoms with van der Waals surface area (Å²) in [6, 6.07) is 6.32. The van der Waals surface area contributed by atoms with Crippen LogP contribution in [0.15, 0.2) is 23.8 Å². The van der Waals surface area contributed by atoms with Crippen LogP contribution in [0, 0.1) is 0 Å². The Hall–Kier alpha value is -2.14. The zero-order chi connectivity index (χ0) is 17.5. The monoisotopic (exact) mass is 327 g/mol. The largest absolute Gasteiger partial charge is 0.478 e. The van der Waals surface area contributed by atoms with Crippen molar-refractivity contribution < 1.29 is 9.90 Å². The number of carboxylic acids is 1. The van der Waals surface area contributed by atoms with Crippen LogP contribution < -0.4 is 5.32 Å². The third-order valence-corrected chi connectivity index (χ3v) is 4.83. The Bertz CT molecular complexity index is 813. The summed E-state index contributed by atoms with van der Waals surface area (Å²) < 4.78 is 2.15. The van der Waals surface area contributed by atoms with E-state index < -0.39 is 5.97 Å². The van der Waals surface area contributed by atoms with Crippen LogP contribution in [0.5, 0.6) is 0 Å². The number of carboxylic acid groups (broad SMARTS) is 1. The highest BCUT2D eigenvalue weighted by molar-refractivity contribution is 5.92. The summed E-state index contributed by atoms with van der Waals surface area (Å²) in [4.78, 5) is 15.9. The Balaban J connectivity index is 2.05. The molecule has 0 amide bonds. The van der Waals surface area contributed by atoms with E-state index >= 15 is 0 Å². The van der Waals surface area contributed by atoms with Crippen molar-refractivity contribution in [1.82, 2.24) is 14.9 Å². The molecule has 128 valence electrons. The lowest BCUT2D eigenvalue weighted by atomic mass is 9.75. The smallest absolute Gasteiger partial charge is 0.331 e. The molecule has 1 aliphatic carbocycles. The summed E-state index contributed by atoms with van der Waals surface area (Å²) in [6.07, 6.45) is 5.12. The van der Waals surface area contributed by atoms with Gasteiger partial charge in [-0.1, -0.05) is 6.07 Å². The molecule has 0 spiro atoms. The molecule has 1 saturated carbocycles. The van der Waals surface area contributed by atoms with Crippen molar-refractivity contribution in [3.05, 3.63) is 35.2 Å². The first-order valence-corrected chi connectivity index (χ1v) is 8.49. The van der Waals surface area contributed by atoms with Gasteiger partial charge in [-0.25, -0.2) is 9.78 Å². The minimum atomic E-state index is -0.893. The van der Waals surface area contributed by atoms with E-state index in [-0.39, 0.29) is 5.54 Å². The zero-order valence-corrected chi connectivity index (χ0v) is 14.8. The molecule has 0 saturated heterocycles. The van der Waals surface area contributed by atoms with Crippen molar-refractivity contribution >= 4 is 23.1 Å². The minimum absolute atomic E-state index is 0.0328. The molecule has 0 bridgehead atoms. The number of nitrogens with one attached hydrogen (secondary N) is 1. The molecule has 5 nitrogen and oxygen atoms in total. The van der Waals surface area contributed by atoms with Gasteiger partial charge in [0.25, 0.3) is 0 Å². The average molecular weight is 327 g/mol. The van der Waals surface area contributed by atoms with Crippen LogP contribution in [0.25, 0.3) is 17.1 Å². The number of benzene rings is 1. The molecular formula is C19H25N3O2. The quantitative estimate of drug-likeness (QED) is 0.826. The minimum Gasteiger partial charge on any atom is -0.478 e. The Kier molecular flexibility index (Phi) is 4.22. The first kappa shape index (κ1) is 16.7. The number of carbonyl (C=O) groups is 1. The van der Waals surface area contributed by atoms with Crippen molar-refractivity contribution in [1.29, 1.82) is 0 Å². The molecule has 0 aliphatic heterocycles. The summed E-state index contributed by atoms with van der Waals surface area (Å²) in [5.74, 6) is 0.184. The van der Waals surface area contributed by atoms with Crippen molar-refractivity contribution in [2.45, 2.75) is 51.6 Å². The van der Waals surface area contributed by atoms with E-state index in [2.05, 4.69) is 23.7 Å². The highest BCUT2D eigenvalue weighted by Gasteiger charge is 2.42. The van der Waals surface area contributed by atoms with Gasteiger partial charge in [0.15, 0.2) is 0 Å². The number of hydrogen-bond acceptors (Lipinski definition) is 3. The average Bonchev–Trinajstić information content (AvgIpc) is 2.80. The van der Waals surface area contributed by atoms with Crippen LogP contribution in [0.4, 0.5) is 0 Å². The van der Waals surface area contributed by atoms with Crippen LogP contribution in [-0.4, -0.2) is 26.7 Å². The molecular weight excluding hydrogens is 302 g/mol. The van der Waals surface area contributed by atoms with Gasteiger partial charge >= 0.3 is 5.97 Å². The first-order chi connectivity index (χ1) is 11.3. The predicted molar refractivity (Wildman–Crippen MR) is 95.8 cm³/mol. The number of imidazole rings is 1.